The van der Waals surface area contributed by atoms with E-state index in [1.54, 1.807) is 19.2 Å². The van der Waals surface area contributed by atoms with Crippen molar-refractivity contribution in [3.8, 4) is 28.6 Å². The molecule has 4 rings (SSSR count). The number of nitrogens with one attached hydrogen (secondary N) is 1. The molecule has 4 aromatic rings. The van der Waals surface area contributed by atoms with Crippen molar-refractivity contribution in [2.45, 2.75) is 12.1 Å². The molecule has 0 saturated carbocycles. The Balaban J connectivity index is 1.52. The van der Waals surface area contributed by atoms with Gasteiger partial charge in [-0.2, -0.15) is 5.10 Å². The molecule has 190 valence electrons. The summed E-state index contributed by atoms with van der Waals surface area (Å²) in [5.74, 6) is 1.84. The number of thioether (sulfide) groups is 1. The third-order valence-corrected chi connectivity index (χ3v) is 6.73. The van der Waals surface area contributed by atoms with Crippen molar-refractivity contribution in [2.24, 2.45) is 5.10 Å². The van der Waals surface area contributed by atoms with Crippen molar-refractivity contribution in [1.82, 2.24) is 20.2 Å². The van der Waals surface area contributed by atoms with Crippen molar-refractivity contribution >= 4 is 51.4 Å². The Bertz CT molecular complexity index is 1390. The van der Waals surface area contributed by atoms with E-state index >= 15 is 0 Å². The first kappa shape index (κ1) is 26.7. The van der Waals surface area contributed by atoms with E-state index in [4.69, 9.17) is 21.1 Å². The van der Waals surface area contributed by atoms with Crippen LogP contribution in [0.5, 0.6) is 11.5 Å². The first-order chi connectivity index (χ1) is 18.0. The van der Waals surface area contributed by atoms with E-state index in [0.29, 0.717) is 28.4 Å². The number of amides is 1. The number of hydrogen-bond donors (Lipinski definition) is 1. The number of ether oxygens (including phenoxy) is 2. The van der Waals surface area contributed by atoms with Crippen LogP contribution in [0.25, 0.3) is 17.1 Å². The lowest BCUT2D eigenvalue weighted by molar-refractivity contribution is -0.118. The standard InChI is InChI=1S/C26H23BrClN5O3S/c1-3-36-22-11-9-21(10-12-22)33-25(17-4-7-20(28)8-5-17)31-32-26(33)37-16-24(34)30-29-15-18-14-19(27)6-13-23(18)35-2/h4-15H,3,16H2,1-2H3,(H,30,34)/b29-15-. The molecule has 1 aromatic heterocycles. The minimum absolute atomic E-state index is 0.0861. The maximum atomic E-state index is 12.5. The third kappa shape index (κ3) is 6.91. The molecule has 0 aliphatic rings. The predicted molar refractivity (Wildman–Crippen MR) is 150 cm³/mol. The largest absolute Gasteiger partial charge is 0.496 e. The maximum absolute atomic E-state index is 12.5. The number of halogens is 2. The van der Waals surface area contributed by atoms with Crippen LogP contribution in [0.3, 0.4) is 0 Å². The summed E-state index contributed by atoms with van der Waals surface area (Å²) < 4.78 is 13.7. The van der Waals surface area contributed by atoms with Crippen LogP contribution in [0.4, 0.5) is 0 Å². The Morgan fingerprint density at radius 2 is 1.89 bits per heavy atom. The molecule has 0 fully saturated rings. The Morgan fingerprint density at radius 3 is 2.59 bits per heavy atom. The maximum Gasteiger partial charge on any atom is 0.250 e. The van der Waals surface area contributed by atoms with Crippen LogP contribution in [0.1, 0.15) is 12.5 Å². The van der Waals surface area contributed by atoms with Crippen molar-refractivity contribution in [3.63, 3.8) is 0 Å². The number of carbonyl (C=O) groups is 1. The van der Waals surface area contributed by atoms with E-state index in [1.807, 2.05) is 66.1 Å². The number of hydrazone groups is 1. The number of methoxy groups -OCH3 is 1. The van der Waals surface area contributed by atoms with Crippen molar-refractivity contribution in [1.29, 1.82) is 0 Å². The molecular formula is C26H23BrClN5O3S. The molecule has 0 bridgehead atoms. The molecule has 1 heterocycles. The van der Waals surface area contributed by atoms with Gasteiger partial charge in [-0.25, -0.2) is 5.43 Å². The van der Waals surface area contributed by atoms with Crippen LogP contribution < -0.4 is 14.9 Å². The summed E-state index contributed by atoms with van der Waals surface area (Å²) in [5, 5.41) is 14.0. The Kier molecular flexibility index (Phi) is 9.21. The molecular weight excluding hydrogens is 578 g/mol. The highest BCUT2D eigenvalue weighted by Gasteiger charge is 2.17. The first-order valence-corrected chi connectivity index (χ1v) is 13.4. The van der Waals surface area contributed by atoms with Crippen molar-refractivity contribution in [2.75, 3.05) is 19.5 Å². The van der Waals surface area contributed by atoms with Gasteiger partial charge in [0, 0.05) is 26.3 Å². The fourth-order valence-corrected chi connectivity index (χ4v) is 4.63. The van der Waals surface area contributed by atoms with E-state index in [1.165, 1.54) is 18.0 Å². The minimum Gasteiger partial charge on any atom is -0.496 e. The molecule has 0 aliphatic heterocycles. The molecule has 0 aliphatic carbocycles. The Labute approximate surface area is 232 Å². The third-order valence-electron chi connectivity index (χ3n) is 5.06. The second-order valence-electron chi connectivity index (χ2n) is 7.54. The monoisotopic (exact) mass is 599 g/mol. The zero-order valence-electron chi connectivity index (χ0n) is 20.0. The lowest BCUT2D eigenvalue weighted by atomic mass is 10.2. The molecule has 0 spiro atoms. The van der Waals surface area contributed by atoms with Gasteiger partial charge < -0.3 is 9.47 Å². The molecule has 0 radical (unpaired) electrons. The zero-order chi connectivity index (χ0) is 26.2. The molecule has 37 heavy (non-hydrogen) atoms. The summed E-state index contributed by atoms with van der Waals surface area (Å²) in [6.07, 6.45) is 1.53. The fraction of sp³-hybridized carbons (Fsp3) is 0.154. The van der Waals surface area contributed by atoms with Gasteiger partial charge in [-0.1, -0.05) is 39.3 Å². The zero-order valence-corrected chi connectivity index (χ0v) is 23.2. The van der Waals surface area contributed by atoms with Gasteiger partial charge in [0.25, 0.3) is 5.91 Å². The summed E-state index contributed by atoms with van der Waals surface area (Å²) in [7, 11) is 1.58. The second kappa shape index (κ2) is 12.8. The van der Waals surface area contributed by atoms with Gasteiger partial charge in [-0.3, -0.25) is 9.36 Å². The second-order valence-corrected chi connectivity index (χ2v) is 9.84. The summed E-state index contributed by atoms with van der Waals surface area (Å²) in [4.78, 5) is 12.5. The van der Waals surface area contributed by atoms with E-state index in [-0.39, 0.29) is 11.7 Å². The van der Waals surface area contributed by atoms with Crippen molar-refractivity contribution in [3.05, 3.63) is 81.8 Å². The van der Waals surface area contributed by atoms with Crippen LogP contribution in [0.2, 0.25) is 5.02 Å². The Morgan fingerprint density at radius 1 is 1.14 bits per heavy atom. The molecule has 8 nitrogen and oxygen atoms in total. The highest BCUT2D eigenvalue weighted by atomic mass is 79.9. The predicted octanol–water partition coefficient (Wildman–Crippen LogP) is 6.00. The highest BCUT2D eigenvalue weighted by Crippen LogP contribution is 2.29. The molecule has 3 aromatic carbocycles. The van der Waals surface area contributed by atoms with Gasteiger partial charge in [0.1, 0.15) is 11.5 Å². The van der Waals surface area contributed by atoms with E-state index in [9.17, 15) is 4.79 Å². The van der Waals surface area contributed by atoms with Crippen molar-refractivity contribution < 1.29 is 14.3 Å². The van der Waals surface area contributed by atoms with Crippen LogP contribution in [0, 0.1) is 0 Å². The number of aromatic nitrogens is 3. The number of rotatable bonds is 10. The number of nitrogens with zero attached hydrogens (tertiary/aromatic N) is 4. The summed E-state index contributed by atoms with van der Waals surface area (Å²) in [5.41, 5.74) is 4.95. The van der Waals surface area contributed by atoms with Crippen LogP contribution in [-0.4, -0.2) is 46.4 Å². The smallest absolute Gasteiger partial charge is 0.250 e. The summed E-state index contributed by atoms with van der Waals surface area (Å²) in [6, 6.07) is 20.5. The molecule has 0 saturated heterocycles. The van der Waals surface area contributed by atoms with Gasteiger partial charge >= 0.3 is 0 Å². The van der Waals surface area contributed by atoms with Gasteiger partial charge in [-0.15, -0.1) is 10.2 Å². The molecule has 0 atom stereocenters. The molecule has 0 unspecified atom stereocenters. The number of hydrogen-bond acceptors (Lipinski definition) is 7. The minimum atomic E-state index is -0.287. The van der Waals surface area contributed by atoms with E-state index < -0.39 is 0 Å². The van der Waals surface area contributed by atoms with Crippen LogP contribution in [-0.2, 0) is 4.79 Å². The lowest BCUT2D eigenvalue weighted by Crippen LogP contribution is -2.20. The fourth-order valence-electron chi connectivity index (χ4n) is 3.38. The number of benzene rings is 3. The van der Waals surface area contributed by atoms with Gasteiger partial charge in [0.15, 0.2) is 11.0 Å². The van der Waals surface area contributed by atoms with E-state index in [2.05, 4.69) is 36.7 Å². The topological polar surface area (TPSA) is 90.6 Å². The summed E-state index contributed by atoms with van der Waals surface area (Å²) in [6.45, 7) is 2.51. The van der Waals surface area contributed by atoms with E-state index in [0.717, 1.165) is 27.0 Å². The summed E-state index contributed by atoms with van der Waals surface area (Å²) >= 11 is 10.7. The van der Waals surface area contributed by atoms with Crippen LogP contribution >= 0.6 is 39.3 Å². The molecule has 11 heteroatoms. The van der Waals surface area contributed by atoms with Crippen LogP contribution in [0.15, 0.2) is 81.5 Å². The lowest BCUT2D eigenvalue weighted by Gasteiger charge is -2.11. The normalized spacial score (nSPS) is 11.0. The average molecular weight is 601 g/mol. The quantitative estimate of drug-likeness (QED) is 0.136. The highest BCUT2D eigenvalue weighted by molar-refractivity contribution is 9.10. The number of carbonyl (C=O) groups excluding carboxylic acids is 1. The average Bonchev–Trinajstić information content (AvgIpc) is 3.32. The Hall–Kier alpha value is -3.34. The molecule has 1 amide bonds. The first-order valence-electron chi connectivity index (χ1n) is 11.2. The van der Waals surface area contributed by atoms with Gasteiger partial charge in [0.05, 0.1) is 25.7 Å². The van der Waals surface area contributed by atoms with Gasteiger partial charge in [-0.05, 0) is 73.7 Å². The molecule has 1 N–H and O–H groups in total. The SMILES string of the molecule is CCOc1ccc(-n2c(SCC(=O)N/N=C\c3cc(Br)ccc3OC)nnc2-c2ccc(Cl)cc2)cc1. The van der Waals surface area contributed by atoms with Gasteiger partial charge in [0.2, 0.25) is 0 Å².